The van der Waals surface area contributed by atoms with Crippen LogP contribution in [0.5, 0.6) is 11.5 Å². The molecule has 1 saturated heterocycles. The van der Waals surface area contributed by atoms with E-state index < -0.39 is 17.3 Å². The average molecular weight is 692 g/mol. The van der Waals surface area contributed by atoms with Crippen molar-refractivity contribution in [3.8, 4) is 45.9 Å². The first-order valence-electron chi connectivity index (χ1n) is 16.3. The highest BCUT2D eigenvalue weighted by Crippen LogP contribution is 2.42. The maximum Gasteiger partial charge on any atom is 0.267 e. The zero-order valence-corrected chi connectivity index (χ0v) is 28.2. The highest BCUT2D eigenvalue weighted by Gasteiger charge is 2.26. The summed E-state index contributed by atoms with van der Waals surface area (Å²) in [5, 5.41) is 52.4. The molecule has 51 heavy (non-hydrogen) atoms. The van der Waals surface area contributed by atoms with Gasteiger partial charge < -0.3 is 25.2 Å². The molecule has 0 aliphatic carbocycles. The van der Waals surface area contributed by atoms with E-state index in [0.717, 1.165) is 18.4 Å². The second-order valence-electron chi connectivity index (χ2n) is 12.8. The van der Waals surface area contributed by atoms with Gasteiger partial charge in [0.05, 0.1) is 29.3 Å². The lowest BCUT2D eigenvalue weighted by Crippen LogP contribution is -2.43. The Labute approximate surface area is 295 Å². The molecule has 1 aliphatic heterocycles. The molecule has 0 spiro atoms. The number of hydrogen-bond donors (Lipinski definition) is 5. The van der Waals surface area contributed by atoms with E-state index in [-0.39, 0.29) is 36.1 Å². The van der Waals surface area contributed by atoms with Gasteiger partial charge >= 0.3 is 0 Å². The number of carbonyl (C=O) groups is 1. The number of ether oxygens (including phenoxy) is 1. The number of benzene rings is 2. The van der Waals surface area contributed by atoms with Crippen LogP contribution in [-0.4, -0.2) is 62.6 Å². The number of aromatic hydroxyl groups is 1. The van der Waals surface area contributed by atoms with Gasteiger partial charge in [0.15, 0.2) is 11.5 Å². The summed E-state index contributed by atoms with van der Waals surface area (Å²) in [6.45, 7) is 5.03. The van der Waals surface area contributed by atoms with Crippen LogP contribution in [0.25, 0.3) is 28.3 Å². The Morgan fingerprint density at radius 3 is 2.49 bits per heavy atom. The topological polar surface area (TPSA) is 188 Å². The molecular weight excluding hydrogens is 653 g/mol. The SMILES string of the molecule is CC(C)(O)COc1ccc(-c2cnc(N3CCC(NCc4ccc(/C=C/C(=O)NO)nc4)CC3)c(CC#N)c2-c2ccc(C#N)c(F)c2)cc1O. The van der Waals surface area contributed by atoms with Crippen LogP contribution in [0.1, 0.15) is 49.1 Å². The molecule has 12 nitrogen and oxygen atoms in total. The van der Waals surface area contributed by atoms with Crippen LogP contribution >= 0.6 is 0 Å². The van der Waals surface area contributed by atoms with Crippen molar-refractivity contribution >= 4 is 17.8 Å². The number of pyridine rings is 2. The fraction of sp³-hybridized carbons (Fsp3) is 0.289. The van der Waals surface area contributed by atoms with E-state index in [9.17, 15) is 25.5 Å². The van der Waals surface area contributed by atoms with Crippen LogP contribution in [-0.2, 0) is 17.8 Å². The van der Waals surface area contributed by atoms with Gasteiger partial charge in [-0.3, -0.25) is 15.0 Å². The molecule has 5 N–H and O–H groups in total. The molecule has 4 aromatic rings. The molecule has 0 radical (unpaired) electrons. The smallest absolute Gasteiger partial charge is 0.267 e. The molecule has 0 atom stereocenters. The van der Waals surface area contributed by atoms with E-state index in [2.05, 4.69) is 21.3 Å². The number of hydrogen-bond acceptors (Lipinski definition) is 11. The van der Waals surface area contributed by atoms with Crippen LogP contribution in [0.2, 0.25) is 0 Å². The van der Waals surface area contributed by atoms with Crippen LogP contribution in [0.15, 0.2) is 67.0 Å². The van der Waals surface area contributed by atoms with Crippen molar-refractivity contribution in [3.05, 3.63) is 95.2 Å². The van der Waals surface area contributed by atoms with Crippen LogP contribution < -0.4 is 20.4 Å². The summed E-state index contributed by atoms with van der Waals surface area (Å²) in [6, 6.07) is 17.1. The first-order chi connectivity index (χ1) is 24.5. The average Bonchev–Trinajstić information content (AvgIpc) is 3.12. The number of aromatic nitrogens is 2. The van der Waals surface area contributed by atoms with Crippen LogP contribution in [0, 0.1) is 28.5 Å². The van der Waals surface area contributed by atoms with Gasteiger partial charge in [-0.2, -0.15) is 10.5 Å². The van der Waals surface area contributed by atoms with E-state index in [1.54, 1.807) is 50.5 Å². The summed E-state index contributed by atoms with van der Waals surface area (Å²) < 4.78 is 20.7. The predicted molar refractivity (Wildman–Crippen MR) is 188 cm³/mol. The van der Waals surface area contributed by atoms with Crippen molar-refractivity contribution in [3.63, 3.8) is 0 Å². The predicted octanol–water partition coefficient (Wildman–Crippen LogP) is 5.02. The highest BCUT2D eigenvalue weighted by atomic mass is 19.1. The number of nitrogens with zero attached hydrogens (tertiary/aromatic N) is 5. The number of halogens is 1. The van der Waals surface area contributed by atoms with Gasteiger partial charge in [0.1, 0.15) is 24.3 Å². The number of rotatable bonds is 12. The number of hydroxylamine groups is 1. The Kier molecular flexibility index (Phi) is 11.6. The maximum atomic E-state index is 15.0. The van der Waals surface area contributed by atoms with Crippen molar-refractivity contribution in [2.75, 3.05) is 24.6 Å². The number of amides is 1. The van der Waals surface area contributed by atoms with E-state index in [1.165, 1.54) is 35.8 Å². The molecule has 5 rings (SSSR count). The lowest BCUT2D eigenvalue weighted by molar-refractivity contribution is -0.124. The van der Waals surface area contributed by atoms with Crippen LogP contribution in [0.3, 0.4) is 0 Å². The van der Waals surface area contributed by atoms with E-state index in [0.29, 0.717) is 59.0 Å². The minimum Gasteiger partial charge on any atom is -0.504 e. The fourth-order valence-electron chi connectivity index (χ4n) is 5.83. The number of nitrogens with one attached hydrogen (secondary N) is 2. The van der Waals surface area contributed by atoms with Gasteiger partial charge in [0.25, 0.3) is 5.91 Å². The highest BCUT2D eigenvalue weighted by molar-refractivity contribution is 5.90. The zero-order valence-electron chi connectivity index (χ0n) is 28.2. The Hall–Kier alpha value is -5.86. The number of aliphatic hydroxyl groups is 1. The number of phenols is 1. The third kappa shape index (κ3) is 9.23. The number of anilines is 1. The standard InChI is InChI=1S/C38H38FN7O5/c1-38(2,49)23-51-34-9-6-25(18-33(34)47)31-22-44-37(30(11-14-40)36(31)26-4-5-27(19-41)32(39)17-26)46-15-12-29(13-16-46)43-21-24-3-7-28(42-20-24)8-10-35(48)45-50/h3-10,17-18,20,22,29,43,47,49-50H,11-13,15-16,21,23H2,1-2H3,(H,45,48)/b10-8+. The van der Waals surface area contributed by atoms with E-state index >= 15 is 4.39 Å². The fourth-order valence-corrected chi connectivity index (χ4v) is 5.83. The normalized spacial score (nSPS) is 13.5. The molecular formula is C38H38FN7O5. The molecule has 13 heteroatoms. The first-order valence-corrected chi connectivity index (χ1v) is 16.3. The third-order valence-electron chi connectivity index (χ3n) is 8.39. The second kappa shape index (κ2) is 16.2. The van der Waals surface area contributed by atoms with Crippen molar-refractivity contribution < 1.29 is 29.3 Å². The van der Waals surface area contributed by atoms with Gasteiger partial charge in [-0.1, -0.05) is 18.2 Å². The molecule has 0 unspecified atom stereocenters. The van der Waals surface area contributed by atoms with Crippen molar-refractivity contribution in [2.45, 2.75) is 51.3 Å². The molecule has 0 saturated carbocycles. The quantitative estimate of drug-likeness (QED) is 0.0763. The van der Waals surface area contributed by atoms with Gasteiger partial charge in [0, 0.05) is 55.3 Å². The summed E-state index contributed by atoms with van der Waals surface area (Å²) in [6.07, 6.45) is 7.62. The zero-order chi connectivity index (χ0) is 36.5. The molecule has 2 aromatic heterocycles. The van der Waals surface area contributed by atoms with Gasteiger partial charge in [-0.25, -0.2) is 14.9 Å². The second-order valence-corrected chi connectivity index (χ2v) is 12.8. The minimum absolute atomic E-state index is 0.0209. The van der Waals surface area contributed by atoms with Crippen LogP contribution in [0.4, 0.5) is 10.2 Å². The van der Waals surface area contributed by atoms with Crippen molar-refractivity contribution in [1.82, 2.24) is 20.8 Å². The van der Waals surface area contributed by atoms with Gasteiger partial charge in [0.2, 0.25) is 0 Å². The molecule has 1 amide bonds. The molecule has 1 fully saturated rings. The molecule has 1 aliphatic rings. The largest absolute Gasteiger partial charge is 0.504 e. The first kappa shape index (κ1) is 36.4. The van der Waals surface area contributed by atoms with Crippen molar-refractivity contribution in [1.29, 1.82) is 10.5 Å². The monoisotopic (exact) mass is 691 g/mol. The molecule has 2 aromatic carbocycles. The summed E-state index contributed by atoms with van der Waals surface area (Å²) >= 11 is 0. The van der Waals surface area contributed by atoms with Crippen molar-refractivity contribution in [2.24, 2.45) is 0 Å². The molecule has 3 heterocycles. The summed E-state index contributed by atoms with van der Waals surface area (Å²) in [7, 11) is 0. The molecule has 0 bridgehead atoms. The minimum atomic E-state index is -1.11. The number of phenolic OH excluding ortho intramolecular Hbond substituents is 1. The number of nitriles is 2. The Balaban J connectivity index is 1.40. The summed E-state index contributed by atoms with van der Waals surface area (Å²) in [5.74, 6) is -0.705. The Morgan fingerprint density at radius 2 is 1.86 bits per heavy atom. The van der Waals surface area contributed by atoms with E-state index in [4.69, 9.17) is 14.9 Å². The maximum absolute atomic E-state index is 15.0. The number of carbonyl (C=O) groups excluding carboxylic acids is 1. The lowest BCUT2D eigenvalue weighted by atomic mass is 9.89. The van der Waals surface area contributed by atoms with E-state index in [1.807, 2.05) is 12.1 Å². The van der Waals surface area contributed by atoms with Gasteiger partial charge in [-0.15, -0.1) is 0 Å². The summed E-state index contributed by atoms with van der Waals surface area (Å²) in [4.78, 5) is 22.5. The Bertz CT molecular complexity index is 1990. The van der Waals surface area contributed by atoms with Gasteiger partial charge in [-0.05, 0) is 85.4 Å². The third-order valence-corrected chi connectivity index (χ3v) is 8.39. The number of piperidine rings is 1. The lowest BCUT2D eigenvalue weighted by Gasteiger charge is -2.35. The summed E-state index contributed by atoms with van der Waals surface area (Å²) in [5.41, 5.74) is 4.61. The Morgan fingerprint density at radius 1 is 1.10 bits per heavy atom. The molecule has 262 valence electrons.